The van der Waals surface area contributed by atoms with Crippen LogP contribution < -0.4 is 9.47 Å². The molecule has 2 heterocycles. The number of aryl methyl sites for hydroxylation is 1. The van der Waals surface area contributed by atoms with E-state index in [-0.39, 0.29) is 23.3 Å². The monoisotopic (exact) mass is 388 g/mol. The van der Waals surface area contributed by atoms with Gasteiger partial charge in [0.1, 0.15) is 6.10 Å². The highest BCUT2D eigenvalue weighted by atomic mass is 16.5. The minimum Gasteiger partial charge on any atom is -0.481 e. The number of amides is 1. The van der Waals surface area contributed by atoms with E-state index < -0.39 is 5.60 Å². The Labute approximate surface area is 167 Å². The molecule has 1 saturated heterocycles. The van der Waals surface area contributed by atoms with Gasteiger partial charge in [-0.2, -0.15) is 4.98 Å². The number of aromatic nitrogens is 1. The topological polar surface area (TPSA) is 71.9 Å². The molecule has 28 heavy (non-hydrogen) atoms. The average Bonchev–Trinajstić information content (AvgIpc) is 2.64. The van der Waals surface area contributed by atoms with Crippen molar-refractivity contribution >= 4 is 5.91 Å². The summed E-state index contributed by atoms with van der Waals surface area (Å²) in [6.07, 6.45) is 6.47. The summed E-state index contributed by atoms with van der Waals surface area (Å²) < 4.78 is 11.5. The number of aliphatic hydroxyl groups is 1. The SMILES string of the molecule is CCc1ccc(OC2CCC3(CC2)CN(C(=O)C2CC(C)(O)C2)C3)nc1OC. The Balaban J connectivity index is 1.25. The lowest BCUT2D eigenvalue weighted by molar-refractivity contribution is -0.164. The van der Waals surface area contributed by atoms with Gasteiger partial charge in [0.05, 0.1) is 12.7 Å². The predicted octanol–water partition coefficient (Wildman–Crippen LogP) is 2.96. The van der Waals surface area contributed by atoms with E-state index in [4.69, 9.17) is 9.47 Å². The van der Waals surface area contributed by atoms with Crippen LogP contribution >= 0.6 is 0 Å². The van der Waals surface area contributed by atoms with Crippen molar-refractivity contribution in [1.82, 2.24) is 9.88 Å². The van der Waals surface area contributed by atoms with Gasteiger partial charge >= 0.3 is 0 Å². The van der Waals surface area contributed by atoms with E-state index in [0.717, 1.165) is 50.8 Å². The van der Waals surface area contributed by atoms with Crippen LogP contribution in [0.15, 0.2) is 12.1 Å². The lowest BCUT2D eigenvalue weighted by Gasteiger charge is -2.55. The summed E-state index contributed by atoms with van der Waals surface area (Å²) in [7, 11) is 1.64. The zero-order valence-corrected chi connectivity index (χ0v) is 17.2. The molecule has 2 saturated carbocycles. The number of methoxy groups -OCH3 is 1. The van der Waals surface area contributed by atoms with Crippen LogP contribution in [0.1, 0.15) is 57.9 Å². The summed E-state index contributed by atoms with van der Waals surface area (Å²) in [5.74, 6) is 1.55. The largest absolute Gasteiger partial charge is 0.481 e. The van der Waals surface area contributed by atoms with E-state index in [1.807, 2.05) is 24.0 Å². The lowest BCUT2D eigenvalue weighted by Crippen LogP contribution is -2.63. The standard InChI is InChI=1S/C22H32N2O4/c1-4-15-5-6-18(23-19(15)27-3)28-17-7-9-22(10-8-17)13-24(14-22)20(25)16-11-21(2,26)12-16/h5-6,16-17,26H,4,7-14H2,1-3H3. The highest BCUT2D eigenvalue weighted by Gasteiger charge is 2.51. The third-order valence-electron chi connectivity index (χ3n) is 6.85. The molecule has 1 aromatic rings. The Kier molecular flexibility index (Phi) is 5.02. The summed E-state index contributed by atoms with van der Waals surface area (Å²) in [6.45, 7) is 5.64. The van der Waals surface area contributed by atoms with Gasteiger partial charge in [0.25, 0.3) is 0 Å². The van der Waals surface area contributed by atoms with Crippen molar-refractivity contribution in [2.75, 3.05) is 20.2 Å². The summed E-state index contributed by atoms with van der Waals surface area (Å²) >= 11 is 0. The number of nitrogens with zero attached hydrogens (tertiary/aromatic N) is 2. The van der Waals surface area contributed by atoms with E-state index in [1.54, 1.807) is 7.11 Å². The zero-order valence-electron chi connectivity index (χ0n) is 17.2. The first-order valence-electron chi connectivity index (χ1n) is 10.5. The molecule has 3 fully saturated rings. The summed E-state index contributed by atoms with van der Waals surface area (Å²) in [4.78, 5) is 19.0. The third-order valence-corrected chi connectivity index (χ3v) is 6.85. The van der Waals surface area contributed by atoms with Crippen LogP contribution in [0.25, 0.3) is 0 Å². The summed E-state index contributed by atoms with van der Waals surface area (Å²) in [6, 6.07) is 3.96. The molecule has 0 bridgehead atoms. The molecule has 3 aliphatic rings. The van der Waals surface area contributed by atoms with Gasteiger partial charge in [0, 0.05) is 36.1 Å². The van der Waals surface area contributed by atoms with Crippen molar-refractivity contribution in [3.05, 3.63) is 17.7 Å². The second kappa shape index (κ2) is 7.21. The Morgan fingerprint density at radius 2 is 1.96 bits per heavy atom. The smallest absolute Gasteiger partial charge is 0.225 e. The van der Waals surface area contributed by atoms with E-state index in [0.29, 0.717) is 24.6 Å². The van der Waals surface area contributed by atoms with Crippen LogP contribution in [0.3, 0.4) is 0 Å². The number of hydrogen-bond donors (Lipinski definition) is 1. The minimum atomic E-state index is -0.635. The lowest BCUT2D eigenvalue weighted by atomic mass is 9.66. The molecule has 0 radical (unpaired) electrons. The van der Waals surface area contributed by atoms with Gasteiger partial charge in [-0.3, -0.25) is 4.79 Å². The maximum Gasteiger partial charge on any atom is 0.225 e. The highest BCUT2D eigenvalue weighted by molar-refractivity contribution is 5.81. The normalized spacial score (nSPS) is 29.1. The number of carbonyl (C=O) groups is 1. The Hall–Kier alpha value is -1.82. The molecule has 1 amide bonds. The fourth-order valence-electron chi connectivity index (χ4n) is 5.13. The van der Waals surface area contributed by atoms with Gasteiger partial charge < -0.3 is 19.5 Å². The van der Waals surface area contributed by atoms with Crippen molar-refractivity contribution in [3.63, 3.8) is 0 Å². The van der Waals surface area contributed by atoms with E-state index in [2.05, 4.69) is 11.9 Å². The van der Waals surface area contributed by atoms with Crippen LogP contribution in [0.4, 0.5) is 0 Å². The first-order chi connectivity index (χ1) is 13.3. The molecule has 4 rings (SSSR count). The number of hydrogen-bond acceptors (Lipinski definition) is 5. The van der Waals surface area contributed by atoms with Gasteiger partial charge in [0.2, 0.25) is 17.7 Å². The third kappa shape index (κ3) is 3.71. The number of ether oxygens (including phenoxy) is 2. The minimum absolute atomic E-state index is 0.0270. The average molecular weight is 389 g/mol. The van der Waals surface area contributed by atoms with E-state index in [9.17, 15) is 9.90 Å². The van der Waals surface area contributed by atoms with Crippen LogP contribution in [-0.2, 0) is 11.2 Å². The fraction of sp³-hybridized carbons (Fsp3) is 0.727. The zero-order chi connectivity index (χ0) is 19.9. The van der Waals surface area contributed by atoms with Gasteiger partial charge in [-0.1, -0.05) is 6.92 Å². The second-order valence-corrected chi connectivity index (χ2v) is 9.29. The first-order valence-corrected chi connectivity index (χ1v) is 10.5. The quantitative estimate of drug-likeness (QED) is 0.840. The van der Waals surface area contributed by atoms with Crippen LogP contribution in [0.5, 0.6) is 11.8 Å². The van der Waals surface area contributed by atoms with Crippen molar-refractivity contribution < 1.29 is 19.4 Å². The molecule has 0 unspecified atom stereocenters. The van der Waals surface area contributed by atoms with Gasteiger partial charge in [-0.25, -0.2) is 0 Å². The Morgan fingerprint density at radius 3 is 2.54 bits per heavy atom. The van der Waals surface area contributed by atoms with E-state index >= 15 is 0 Å². The summed E-state index contributed by atoms with van der Waals surface area (Å²) in [5, 5.41) is 9.86. The number of pyridine rings is 1. The molecule has 1 aromatic heterocycles. The van der Waals surface area contributed by atoms with Crippen molar-refractivity contribution in [3.8, 4) is 11.8 Å². The fourth-order valence-corrected chi connectivity index (χ4v) is 5.13. The molecule has 6 nitrogen and oxygen atoms in total. The molecule has 1 aliphatic heterocycles. The van der Waals surface area contributed by atoms with Crippen molar-refractivity contribution in [1.29, 1.82) is 0 Å². The molecule has 2 aliphatic carbocycles. The molecule has 1 N–H and O–H groups in total. The molecule has 6 heteroatoms. The molecule has 1 spiro atoms. The number of carbonyl (C=O) groups excluding carboxylic acids is 1. The van der Waals surface area contributed by atoms with Gasteiger partial charge in [-0.15, -0.1) is 0 Å². The molecule has 0 aromatic carbocycles. The molecular weight excluding hydrogens is 356 g/mol. The molecule has 0 atom stereocenters. The Morgan fingerprint density at radius 1 is 1.29 bits per heavy atom. The number of likely N-dealkylation sites (tertiary alicyclic amines) is 1. The van der Waals surface area contributed by atoms with Crippen molar-refractivity contribution in [2.45, 2.75) is 70.5 Å². The van der Waals surface area contributed by atoms with Gasteiger partial charge in [0.15, 0.2) is 0 Å². The van der Waals surface area contributed by atoms with E-state index in [1.165, 1.54) is 0 Å². The summed E-state index contributed by atoms with van der Waals surface area (Å²) in [5.41, 5.74) is 0.730. The van der Waals surface area contributed by atoms with Crippen LogP contribution in [0.2, 0.25) is 0 Å². The van der Waals surface area contributed by atoms with Gasteiger partial charge in [-0.05, 0) is 57.9 Å². The van der Waals surface area contributed by atoms with Crippen LogP contribution in [0, 0.1) is 11.3 Å². The number of rotatable bonds is 5. The predicted molar refractivity (Wildman–Crippen MR) is 105 cm³/mol. The maximum absolute atomic E-state index is 12.5. The highest BCUT2D eigenvalue weighted by Crippen LogP contribution is 2.47. The van der Waals surface area contributed by atoms with Crippen LogP contribution in [-0.4, -0.2) is 52.8 Å². The van der Waals surface area contributed by atoms with Crippen molar-refractivity contribution in [2.24, 2.45) is 11.3 Å². The molecular formula is C22H32N2O4. The second-order valence-electron chi connectivity index (χ2n) is 9.29. The first kappa shape index (κ1) is 19.5. The molecule has 154 valence electrons. The maximum atomic E-state index is 12.5. The Bertz CT molecular complexity index is 724.